The molecule has 2 atom stereocenters. The van der Waals surface area contributed by atoms with Crippen LogP contribution < -0.4 is 24.8 Å². The van der Waals surface area contributed by atoms with Gasteiger partial charge in [-0.3, -0.25) is 0 Å². The Kier molecular flexibility index (Phi) is 9.00. The van der Waals surface area contributed by atoms with Crippen molar-refractivity contribution in [1.29, 1.82) is 0 Å². The third-order valence-electron chi connectivity index (χ3n) is 9.39. The van der Waals surface area contributed by atoms with Crippen molar-refractivity contribution in [2.24, 2.45) is 0 Å². The Morgan fingerprint density at radius 1 is 0.455 bits per heavy atom. The van der Waals surface area contributed by atoms with E-state index in [0.29, 0.717) is 7.25 Å². The van der Waals surface area contributed by atoms with Gasteiger partial charge in [0.05, 0.1) is 0 Å². The zero-order chi connectivity index (χ0) is 28.2. The average molecular weight is 704 g/mol. The van der Waals surface area contributed by atoms with Crippen LogP contribution in [0.2, 0.25) is 13.1 Å². The molecule has 0 bridgehead atoms. The monoisotopic (exact) mass is 701 g/mol. The summed E-state index contributed by atoms with van der Waals surface area (Å²) in [5.74, 6) is -1.04. The molecule has 0 aromatic heterocycles. The van der Waals surface area contributed by atoms with Gasteiger partial charge in [0.15, 0.2) is 0 Å². The Morgan fingerprint density at radius 2 is 0.841 bits per heavy atom. The second-order valence-corrected chi connectivity index (χ2v) is 32.1. The molecule has 0 amide bonds. The summed E-state index contributed by atoms with van der Waals surface area (Å²) in [6.45, 7) is 5.33. The Labute approximate surface area is 281 Å². The molecule has 8 rings (SSSR count). The first-order valence-corrected chi connectivity index (χ1v) is 25.1. The minimum absolute atomic E-state index is 0. The fourth-order valence-electron chi connectivity index (χ4n) is 7.62. The van der Waals surface area contributed by atoms with Crippen LogP contribution in [0.5, 0.6) is 0 Å². The van der Waals surface area contributed by atoms with Gasteiger partial charge in [0.2, 0.25) is 0 Å². The summed E-state index contributed by atoms with van der Waals surface area (Å²) in [7, 11) is 0. The minimum Gasteiger partial charge on any atom is -1.00 e. The Balaban J connectivity index is 0.00000171. The number of benzene rings is 6. The van der Waals surface area contributed by atoms with Crippen LogP contribution >= 0.6 is 0 Å². The normalized spacial score (nSPS) is 16.5. The minimum atomic E-state index is -2.33. The topological polar surface area (TPSA) is 0 Å². The van der Waals surface area contributed by atoms with Crippen molar-refractivity contribution < 1.29 is 45.7 Å². The third kappa shape index (κ3) is 5.11. The molecule has 44 heavy (non-hydrogen) atoms. The summed E-state index contributed by atoms with van der Waals surface area (Å²) in [6, 6.07) is 50.4. The molecular formula is C40H33Cl2SiZr. The van der Waals surface area contributed by atoms with Gasteiger partial charge >= 0.3 is 259 Å². The van der Waals surface area contributed by atoms with E-state index in [1.165, 1.54) is 43.8 Å². The van der Waals surface area contributed by atoms with Crippen LogP contribution in [0.25, 0.3) is 44.8 Å². The van der Waals surface area contributed by atoms with E-state index in [9.17, 15) is 0 Å². The van der Waals surface area contributed by atoms with Crippen molar-refractivity contribution >= 4 is 50.8 Å². The maximum Gasteiger partial charge on any atom is -1.00 e. The summed E-state index contributed by atoms with van der Waals surface area (Å²) in [5, 5.41) is 5.43. The second-order valence-electron chi connectivity index (χ2n) is 12.0. The van der Waals surface area contributed by atoms with Crippen LogP contribution in [-0.4, -0.2) is 5.92 Å². The fourth-order valence-corrected chi connectivity index (χ4v) is 29.9. The van der Waals surface area contributed by atoms with Gasteiger partial charge in [-0.25, -0.2) is 0 Å². The van der Waals surface area contributed by atoms with Crippen molar-refractivity contribution in [2.75, 3.05) is 0 Å². The summed E-state index contributed by atoms with van der Waals surface area (Å²) < 4.78 is 1.08. The predicted molar refractivity (Wildman–Crippen MR) is 181 cm³/mol. The van der Waals surface area contributed by atoms with Crippen molar-refractivity contribution in [3.63, 3.8) is 0 Å². The molecule has 0 spiro atoms. The van der Waals surface area contributed by atoms with E-state index in [-0.39, 0.29) is 24.8 Å². The molecule has 0 saturated carbocycles. The molecule has 2 unspecified atom stereocenters. The summed E-state index contributed by atoms with van der Waals surface area (Å²) in [6.07, 6.45) is 5.11. The van der Waals surface area contributed by atoms with Crippen LogP contribution in [0.4, 0.5) is 0 Å². The van der Waals surface area contributed by atoms with E-state index in [2.05, 4.69) is 159 Å². The van der Waals surface area contributed by atoms with E-state index in [1.807, 2.05) is 0 Å². The molecule has 215 valence electrons. The van der Waals surface area contributed by atoms with Crippen molar-refractivity contribution in [1.82, 2.24) is 0 Å². The van der Waals surface area contributed by atoms with Gasteiger partial charge in [0.25, 0.3) is 0 Å². The smallest absolute Gasteiger partial charge is 1.00 e. The van der Waals surface area contributed by atoms with Gasteiger partial charge in [-0.15, -0.1) is 0 Å². The van der Waals surface area contributed by atoms with Crippen LogP contribution in [0.3, 0.4) is 0 Å². The molecule has 0 radical (unpaired) electrons. The van der Waals surface area contributed by atoms with E-state index in [1.54, 1.807) is 22.3 Å². The van der Waals surface area contributed by atoms with E-state index in [0.717, 1.165) is 0 Å². The first-order chi connectivity index (χ1) is 20.7. The number of hydrogen-bond donors (Lipinski definition) is 0. The van der Waals surface area contributed by atoms with Gasteiger partial charge < -0.3 is 24.8 Å². The van der Waals surface area contributed by atoms with Gasteiger partial charge in [-0.1, -0.05) is 0 Å². The van der Waals surface area contributed by atoms with Gasteiger partial charge in [0, 0.05) is 0 Å². The van der Waals surface area contributed by atoms with E-state index >= 15 is 0 Å². The van der Waals surface area contributed by atoms with Gasteiger partial charge in [-0.05, 0) is 0 Å². The third-order valence-corrected chi connectivity index (χ3v) is 30.8. The summed E-state index contributed by atoms with van der Waals surface area (Å²) in [4.78, 5) is 0. The van der Waals surface area contributed by atoms with Crippen molar-refractivity contribution in [3.8, 4) is 0 Å². The molecule has 6 aromatic rings. The molecule has 0 fully saturated rings. The van der Waals surface area contributed by atoms with Crippen molar-refractivity contribution in [2.45, 2.75) is 20.3 Å². The zero-order valence-corrected chi connectivity index (χ0v) is 30.0. The van der Waals surface area contributed by atoms with Gasteiger partial charge in [0.1, 0.15) is 0 Å². The number of rotatable bonds is 5. The van der Waals surface area contributed by atoms with Crippen molar-refractivity contribution in [3.05, 3.63) is 167 Å². The molecule has 0 aliphatic heterocycles. The number of allylic oxidation sites excluding steroid dienone is 2. The SMILES string of the molecule is C[SiH](C)[Zr+2]([CH]1C(c2cccc3ccccc23)=Cc2ccccc21)[CH]1C(c2cccc3ccccc23)=Cc2ccccc21.[Cl-].[Cl-]. The molecular weight excluding hydrogens is 671 g/mol. The maximum atomic E-state index is 2.66. The Hall–Kier alpha value is -3.00. The number of hydrogen-bond acceptors (Lipinski definition) is 0. The molecule has 0 heterocycles. The standard InChI is InChI=1S/2C19H13.C2H7Si.2ClH.Zr/c2*1-2-8-16-13-17(12-15(16)7-1)19-11-5-9-14-6-3-4-10-18(14)19;1-3-2;;;/h2*1-13H;3H,1-2H3;2*1H;/q;;;;;+2/p-2. The molecule has 2 aliphatic rings. The number of halogens is 2. The molecule has 0 N–H and O–H groups in total. The molecule has 6 aromatic carbocycles. The van der Waals surface area contributed by atoms with Crippen LogP contribution in [0.1, 0.15) is 40.6 Å². The Morgan fingerprint density at radius 3 is 1.30 bits per heavy atom. The molecule has 4 heteroatoms. The van der Waals surface area contributed by atoms with E-state index in [4.69, 9.17) is 0 Å². The molecule has 2 aliphatic carbocycles. The second kappa shape index (κ2) is 12.8. The predicted octanol–water partition coefficient (Wildman–Crippen LogP) is 4.49. The molecule has 0 saturated heterocycles. The molecule has 0 nitrogen and oxygen atoms in total. The van der Waals surface area contributed by atoms with Crippen LogP contribution in [0.15, 0.2) is 133 Å². The number of fused-ring (bicyclic) bond motifs is 4. The summed E-state index contributed by atoms with van der Waals surface area (Å²) in [5.41, 5.74) is 12.0. The fraction of sp³-hybridized carbons (Fsp3) is 0.100. The zero-order valence-electron chi connectivity index (χ0n) is 24.8. The average Bonchev–Trinajstić information content (AvgIpc) is 3.60. The Bertz CT molecular complexity index is 1910. The first-order valence-electron chi connectivity index (χ1n) is 15.1. The van der Waals surface area contributed by atoms with Crippen LogP contribution in [0, 0.1) is 0 Å². The maximum absolute atomic E-state index is 2.66. The van der Waals surface area contributed by atoms with Gasteiger partial charge in [-0.2, -0.15) is 0 Å². The first kappa shape index (κ1) is 31.0. The largest absolute Gasteiger partial charge is 1.00 e. The van der Waals surface area contributed by atoms with E-state index < -0.39 is 26.8 Å². The quantitative estimate of drug-likeness (QED) is 0.233. The summed E-state index contributed by atoms with van der Waals surface area (Å²) >= 11 is -2.33. The van der Waals surface area contributed by atoms with Crippen LogP contribution in [-0.2, 0) is 20.9 Å².